The number of amides is 1. The number of H-pyrrole nitrogens is 1. The minimum Gasteiger partial charge on any atom is -0.335 e. The van der Waals surface area contributed by atoms with Crippen molar-refractivity contribution in [1.29, 1.82) is 0 Å². The predicted molar refractivity (Wildman–Crippen MR) is 68.2 cm³/mol. The van der Waals surface area contributed by atoms with E-state index in [1.807, 2.05) is 20.8 Å². The second-order valence-corrected chi connectivity index (χ2v) is 6.65. The Labute approximate surface area is 111 Å². The summed E-state index contributed by atoms with van der Waals surface area (Å²) in [6, 6.07) is -0.0506. The van der Waals surface area contributed by atoms with E-state index in [1.165, 1.54) is 11.8 Å². The highest BCUT2D eigenvalue weighted by Gasteiger charge is 2.30. The van der Waals surface area contributed by atoms with Gasteiger partial charge in [0.25, 0.3) is 15.0 Å². The maximum absolute atomic E-state index is 12.2. The lowest BCUT2D eigenvalue weighted by Gasteiger charge is -2.24. The number of carbonyl (C=O) groups is 1. The molecule has 0 saturated heterocycles. The average Bonchev–Trinajstić information content (AvgIpc) is 2.59. The number of nitrogens with zero attached hydrogens (tertiary/aromatic N) is 2. The molecule has 6 nitrogen and oxygen atoms in total. The van der Waals surface area contributed by atoms with Crippen LogP contribution in [0.1, 0.15) is 37.0 Å². The van der Waals surface area contributed by atoms with Gasteiger partial charge in [0.05, 0.1) is 5.69 Å². The first-order chi connectivity index (χ1) is 8.20. The summed E-state index contributed by atoms with van der Waals surface area (Å²) in [6.45, 7) is 7.47. The summed E-state index contributed by atoms with van der Waals surface area (Å²) < 4.78 is 22.9. The molecule has 0 atom stereocenters. The van der Waals surface area contributed by atoms with Gasteiger partial charge in [0.1, 0.15) is 4.90 Å². The summed E-state index contributed by atoms with van der Waals surface area (Å²) in [7, 11) is 1.32. The van der Waals surface area contributed by atoms with Crippen LogP contribution in [0.15, 0.2) is 4.90 Å². The molecule has 0 saturated carbocycles. The van der Waals surface area contributed by atoms with Crippen molar-refractivity contribution < 1.29 is 13.2 Å². The van der Waals surface area contributed by atoms with Crippen LogP contribution in [-0.2, 0) is 9.05 Å². The highest BCUT2D eigenvalue weighted by atomic mass is 35.7. The van der Waals surface area contributed by atoms with Crippen molar-refractivity contribution in [3.05, 3.63) is 11.4 Å². The van der Waals surface area contributed by atoms with Crippen LogP contribution in [0.3, 0.4) is 0 Å². The molecule has 1 heterocycles. The topological polar surface area (TPSA) is 83.1 Å². The van der Waals surface area contributed by atoms with E-state index in [1.54, 1.807) is 0 Å². The summed E-state index contributed by atoms with van der Waals surface area (Å²) in [6.07, 6.45) is 0. The second-order valence-electron chi connectivity index (χ2n) is 4.15. The molecule has 0 aliphatic rings. The fourth-order valence-corrected chi connectivity index (χ4v) is 3.08. The van der Waals surface area contributed by atoms with Crippen molar-refractivity contribution >= 4 is 25.6 Å². The Hall–Kier alpha value is -1.08. The van der Waals surface area contributed by atoms with Crippen molar-refractivity contribution in [3.8, 4) is 0 Å². The molecule has 0 spiro atoms. The van der Waals surface area contributed by atoms with Crippen LogP contribution >= 0.6 is 10.7 Å². The zero-order chi connectivity index (χ0) is 14.1. The molecule has 0 fully saturated rings. The molecule has 0 aliphatic carbocycles. The largest absolute Gasteiger partial charge is 0.335 e. The van der Waals surface area contributed by atoms with Gasteiger partial charge in [-0.2, -0.15) is 5.10 Å². The molecule has 8 heteroatoms. The number of aryl methyl sites for hydroxylation is 1. The number of rotatable bonds is 4. The van der Waals surface area contributed by atoms with E-state index >= 15 is 0 Å². The fourth-order valence-electron chi connectivity index (χ4n) is 1.74. The first-order valence-corrected chi connectivity index (χ1v) is 7.81. The van der Waals surface area contributed by atoms with Gasteiger partial charge in [0.15, 0.2) is 5.69 Å². The molecule has 1 aromatic heterocycles. The lowest BCUT2D eigenvalue weighted by molar-refractivity contribution is 0.0707. The lowest BCUT2D eigenvalue weighted by Crippen LogP contribution is -2.37. The second kappa shape index (κ2) is 5.27. The molecular formula is C10H16ClN3O3S. The Morgan fingerprint density at radius 3 is 2.44 bits per heavy atom. The summed E-state index contributed by atoms with van der Waals surface area (Å²) >= 11 is 0. The van der Waals surface area contributed by atoms with E-state index in [2.05, 4.69) is 10.2 Å². The molecule has 0 unspecified atom stereocenters. The SMILES string of the molecule is CCN(C(=O)c1n[nH]c(C)c1S(=O)(=O)Cl)C(C)C. The van der Waals surface area contributed by atoms with E-state index in [9.17, 15) is 13.2 Å². The molecule has 0 bridgehead atoms. The number of carbonyl (C=O) groups excluding carboxylic acids is 1. The molecule has 1 rings (SSSR count). The van der Waals surface area contributed by atoms with Gasteiger partial charge in [0.2, 0.25) is 0 Å². The van der Waals surface area contributed by atoms with Crippen molar-refractivity contribution in [3.63, 3.8) is 0 Å². The fraction of sp³-hybridized carbons (Fsp3) is 0.600. The molecule has 0 aliphatic heterocycles. The van der Waals surface area contributed by atoms with E-state index in [0.717, 1.165) is 0 Å². The van der Waals surface area contributed by atoms with E-state index < -0.39 is 15.0 Å². The molecule has 1 N–H and O–H groups in total. The number of nitrogens with one attached hydrogen (secondary N) is 1. The monoisotopic (exact) mass is 293 g/mol. The number of aromatic amines is 1. The third-order valence-electron chi connectivity index (χ3n) is 2.56. The standard InChI is InChI=1S/C10H16ClN3O3S/c1-5-14(6(2)3)10(15)8-9(18(11,16)17)7(4)12-13-8/h6H,5H2,1-4H3,(H,12,13). The van der Waals surface area contributed by atoms with Gasteiger partial charge in [-0.3, -0.25) is 9.89 Å². The number of halogens is 1. The summed E-state index contributed by atoms with van der Waals surface area (Å²) in [5.41, 5.74) is 0.103. The Balaban J connectivity index is 3.31. The Morgan fingerprint density at radius 1 is 1.50 bits per heavy atom. The third-order valence-corrected chi connectivity index (χ3v) is 4.01. The van der Waals surface area contributed by atoms with Crippen LogP contribution in [0, 0.1) is 6.92 Å². The van der Waals surface area contributed by atoms with Crippen molar-refractivity contribution in [2.45, 2.75) is 38.6 Å². The Bertz CT molecular complexity index is 551. The molecule has 0 aromatic carbocycles. The Kier molecular flexibility index (Phi) is 4.39. The Morgan fingerprint density at radius 2 is 2.06 bits per heavy atom. The average molecular weight is 294 g/mol. The summed E-state index contributed by atoms with van der Waals surface area (Å²) in [5, 5.41) is 6.24. The molecule has 102 valence electrons. The number of hydrogen-bond donors (Lipinski definition) is 1. The van der Waals surface area contributed by atoms with Gasteiger partial charge >= 0.3 is 0 Å². The van der Waals surface area contributed by atoms with Gasteiger partial charge in [-0.05, 0) is 27.7 Å². The van der Waals surface area contributed by atoms with E-state index in [4.69, 9.17) is 10.7 Å². The van der Waals surface area contributed by atoms with Crippen LogP contribution in [0.5, 0.6) is 0 Å². The third kappa shape index (κ3) is 2.84. The van der Waals surface area contributed by atoms with Crippen LogP contribution in [0.25, 0.3) is 0 Å². The highest BCUT2D eigenvalue weighted by molar-refractivity contribution is 8.13. The minimum atomic E-state index is -4.00. The summed E-state index contributed by atoms with van der Waals surface area (Å²) in [5.74, 6) is -0.448. The van der Waals surface area contributed by atoms with Gasteiger partial charge in [-0.15, -0.1) is 0 Å². The minimum absolute atomic E-state index is 0.0506. The maximum Gasteiger partial charge on any atom is 0.275 e. The molecule has 0 radical (unpaired) electrons. The zero-order valence-electron chi connectivity index (χ0n) is 10.7. The van der Waals surface area contributed by atoms with Crippen molar-refractivity contribution in [2.75, 3.05) is 6.54 Å². The predicted octanol–water partition coefficient (Wildman–Crippen LogP) is 1.52. The maximum atomic E-state index is 12.2. The highest BCUT2D eigenvalue weighted by Crippen LogP contribution is 2.23. The quantitative estimate of drug-likeness (QED) is 0.853. The van der Waals surface area contributed by atoms with E-state index in [0.29, 0.717) is 6.54 Å². The lowest BCUT2D eigenvalue weighted by atomic mass is 10.2. The molecular weight excluding hydrogens is 278 g/mol. The van der Waals surface area contributed by atoms with E-state index in [-0.39, 0.29) is 22.3 Å². The van der Waals surface area contributed by atoms with Crippen molar-refractivity contribution in [1.82, 2.24) is 15.1 Å². The van der Waals surface area contributed by atoms with Crippen molar-refractivity contribution in [2.24, 2.45) is 0 Å². The normalized spacial score (nSPS) is 11.9. The molecule has 1 amide bonds. The molecule has 18 heavy (non-hydrogen) atoms. The van der Waals surface area contributed by atoms with Gasteiger partial charge in [0, 0.05) is 23.3 Å². The first kappa shape index (κ1) is 15.0. The van der Waals surface area contributed by atoms with Crippen LogP contribution in [0.2, 0.25) is 0 Å². The smallest absolute Gasteiger partial charge is 0.275 e. The van der Waals surface area contributed by atoms with Crippen LogP contribution < -0.4 is 0 Å². The molecule has 1 aromatic rings. The number of hydrogen-bond acceptors (Lipinski definition) is 4. The van der Waals surface area contributed by atoms with Crippen LogP contribution in [-0.4, -0.2) is 42.0 Å². The van der Waals surface area contributed by atoms with Crippen LogP contribution in [0.4, 0.5) is 0 Å². The van der Waals surface area contributed by atoms with Gasteiger partial charge < -0.3 is 4.90 Å². The summed E-state index contributed by atoms with van der Waals surface area (Å²) in [4.78, 5) is 13.5. The van der Waals surface area contributed by atoms with Gasteiger partial charge in [-0.25, -0.2) is 8.42 Å². The first-order valence-electron chi connectivity index (χ1n) is 5.50. The zero-order valence-corrected chi connectivity index (χ0v) is 12.3. The number of aromatic nitrogens is 2. The van der Waals surface area contributed by atoms with Gasteiger partial charge in [-0.1, -0.05) is 0 Å².